The lowest BCUT2D eigenvalue weighted by Gasteiger charge is -2.26. The average Bonchev–Trinajstić information content (AvgIpc) is 3.16. The van der Waals surface area contributed by atoms with E-state index in [2.05, 4.69) is 10.3 Å². The normalized spacial score (nSPS) is 15.7. The number of hydrogen-bond acceptors (Lipinski definition) is 5. The van der Waals surface area contributed by atoms with Gasteiger partial charge in [-0.1, -0.05) is 24.6 Å². The molecule has 0 bridgehead atoms. The van der Waals surface area contributed by atoms with Crippen molar-refractivity contribution < 1.29 is 13.2 Å². The predicted molar refractivity (Wildman–Crippen MR) is 116 cm³/mol. The number of carbonyl (C=O) groups excluding carboxylic acids is 1. The Morgan fingerprint density at radius 1 is 1.07 bits per heavy atom. The number of nitrogens with zero attached hydrogens (tertiary/aromatic N) is 2. The third-order valence-corrected chi connectivity index (χ3v) is 7.64. The first-order chi connectivity index (χ1) is 14.0. The molecule has 0 aliphatic carbocycles. The van der Waals surface area contributed by atoms with Crippen LogP contribution in [0, 0.1) is 0 Å². The summed E-state index contributed by atoms with van der Waals surface area (Å²) in [5, 5.41) is 3.47. The molecule has 3 aromatic rings. The first-order valence-electron chi connectivity index (χ1n) is 9.47. The van der Waals surface area contributed by atoms with Crippen LogP contribution in [-0.2, 0) is 14.8 Å². The van der Waals surface area contributed by atoms with E-state index < -0.39 is 10.0 Å². The molecule has 1 saturated heterocycles. The highest BCUT2D eigenvalue weighted by atomic mass is 32.2. The Kier molecular flexibility index (Phi) is 5.75. The highest BCUT2D eigenvalue weighted by Gasteiger charge is 2.26. The second-order valence-corrected chi connectivity index (χ2v) is 9.84. The van der Waals surface area contributed by atoms with Gasteiger partial charge in [-0.25, -0.2) is 13.4 Å². The molecule has 1 fully saturated rings. The molecule has 2 aromatic carbocycles. The van der Waals surface area contributed by atoms with E-state index in [9.17, 15) is 13.2 Å². The summed E-state index contributed by atoms with van der Waals surface area (Å²) in [4.78, 5) is 16.9. The van der Waals surface area contributed by atoms with Gasteiger partial charge in [0.1, 0.15) is 5.01 Å². The number of para-hydroxylation sites is 1. The molecule has 2 heterocycles. The smallest absolute Gasteiger partial charge is 0.248 e. The molecular formula is C21H21N3O3S2. The minimum Gasteiger partial charge on any atom is -0.322 e. The number of anilines is 1. The van der Waals surface area contributed by atoms with Crippen molar-refractivity contribution in [3.05, 3.63) is 59.6 Å². The average molecular weight is 428 g/mol. The molecule has 1 aliphatic heterocycles. The number of carbonyl (C=O) groups is 1. The number of thiazole rings is 1. The summed E-state index contributed by atoms with van der Waals surface area (Å²) in [7, 11) is -3.53. The van der Waals surface area contributed by atoms with Gasteiger partial charge in [0.2, 0.25) is 15.9 Å². The van der Waals surface area contributed by atoms with E-state index in [1.165, 1.54) is 27.8 Å². The first-order valence-corrected chi connectivity index (χ1v) is 11.7. The Hall–Kier alpha value is -2.55. The van der Waals surface area contributed by atoms with Crippen molar-refractivity contribution in [2.75, 3.05) is 18.4 Å². The summed E-state index contributed by atoms with van der Waals surface area (Å²) < 4.78 is 28.2. The van der Waals surface area contributed by atoms with Crippen molar-refractivity contribution in [1.29, 1.82) is 0 Å². The van der Waals surface area contributed by atoms with Gasteiger partial charge in [-0.2, -0.15) is 4.31 Å². The summed E-state index contributed by atoms with van der Waals surface area (Å²) in [6.45, 7) is 1.09. The molecule has 0 atom stereocenters. The van der Waals surface area contributed by atoms with Crippen molar-refractivity contribution in [2.45, 2.75) is 24.2 Å². The summed E-state index contributed by atoms with van der Waals surface area (Å²) in [5.41, 5.74) is 1.34. The van der Waals surface area contributed by atoms with Gasteiger partial charge in [0.25, 0.3) is 0 Å². The van der Waals surface area contributed by atoms with Crippen molar-refractivity contribution in [2.24, 2.45) is 0 Å². The van der Waals surface area contributed by atoms with Crippen LogP contribution in [0.15, 0.2) is 59.5 Å². The Morgan fingerprint density at radius 2 is 1.86 bits per heavy atom. The molecule has 0 unspecified atom stereocenters. The van der Waals surface area contributed by atoms with Gasteiger partial charge in [-0.05, 0) is 49.2 Å². The molecule has 4 rings (SSSR count). The highest BCUT2D eigenvalue weighted by Crippen LogP contribution is 2.24. The highest BCUT2D eigenvalue weighted by molar-refractivity contribution is 7.89. The van der Waals surface area contributed by atoms with Gasteiger partial charge >= 0.3 is 0 Å². The monoisotopic (exact) mass is 427 g/mol. The molecule has 0 radical (unpaired) electrons. The number of hydrogen-bond donors (Lipinski definition) is 1. The van der Waals surface area contributed by atoms with Crippen LogP contribution in [-0.4, -0.2) is 36.7 Å². The lowest BCUT2D eigenvalue weighted by molar-refractivity contribution is -0.111. The van der Waals surface area contributed by atoms with Crippen LogP contribution < -0.4 is 5.32 Å². The third-order valence-electron chi connectivity index (χ3n) is 4.74. The molecule has 0 spiro atoms. The molecule has 150 valence electrons. The quantitative estimate of drug-likeness (QED) is 0.621. The summed E-state index contributed by atoms with van der Waals surface area (Å²) in [5.74, 6) is -0.336. The Balaban J connectivity index is 1.46. The maximum absolute atomic E-state index is 12.8. The molecule has 1 N–H and O–H groups in total. The van der Waals surface area contributed by atoms with E-state index in [4.69, 9.17) is 0 Å². The van der Waals surface area contributed by atoms with Gasteiger partial charge in [0.15, 0.2) is 0 Å². The lowest BCUT2D eigenvalue weighted by Crippen LogP contribution is -2.35. The second kappa shape index (κ2) is 8.44. The zero-order chi connectivity index (χ0) is 20.3. The van der Waals surface area contributed by atoms with Crippen molar-refractivity contribution in [1.82, 2.24) is 9.29 Å². The van der Waals surface area contributed by atoms with Gasteiger partial charge in [-0.15, -0.1) is 11.3 Å². The standard InChI is InChI=1S/C21H21N3O3S2/c25-20(11-12-21-23-18-9-2-3-10-19(18)28-21)22-16-7-6-8-17(15-16)29(26,27)24-13-4-1-5-14-24/h2-3,6-12,15H,1,4-5,13-14H2,(H,22,25)/b12-11+. The fraction of sp³-hybridized carbons (Fsp3) is 0.238. The van der Waals surface area contributed by atoms with Crippen LogP contribution in [0.2, 0.25) is 0 Å². The SMILES string of the molecule is O=C(/C=C/c1nc2ccccc2s1)Nc1cccc(S(=O)(=O)N2CCCCC2)c1. The molecule has 6 nitrogen and oxygen atoms in total. The topological polar surface area (TPSA) is 79.4 Å². The van der Waals surface area contributed by atoms with Gasteiger partial charge < -0.3 is 5.32 Å². The summed E-state index contributed by atoms with van der Waals surface area (Å²) in [6.07, 6.45) is 5.89. The molecule has 0 saturated carbocycles. The molecule has 1 aliphatic rings. The Morgan fingerprint density at radius 3 is 2.66 bits per heavy atom. The van der Waals surface area contributed by atoms with E-state index in [1.807, 2.05) is 24.3 Å². The maximum Gasteiger partial charge on any atom is 0.248 e. The van der Waals surface area contributed by atoms with E-state index >= 15 is 0 Å². The van der Waals surface area contributed by atoms with Gasteiger partial charge in [-0.3, -0.25) is 4.79 Å². The number of rotatable bonds is 5. The minimum absolute atomic E-state index is 0.201. The predicted octanol–water partition coefficient (Wildman–Crippen LogP) is 4.12. The number of nitrogens with one attached hydrogen (secondary N) is 1. The van der Waals surface area contributed by atoms with Gasteiger partial charge in [0.05, 0.1) is 15.1 Å². The van der Waals surface area contributed by atoms with Crippen LogP contribution in [0.1, 0.15) is 24.3 Å². The fourth-order valence-corrected chi connectivity index (χ4v) is 5.71. The first kappa shape index (κ1) is 19.8. The number of piperidine rings is 1. The van der Waals surface area contributed by atoms with Crippen LogP contribution in [0.25, 0.3) is 16.3 Å². The zero-order valence-corrected chi connectivity index (χ0v) is 17.4. The van der Waals surface area contributed by atoms with Crippen molar-refractivity contribution in [3.63, 3.8) is 0 Å². The number of fused-ring (bicyclic) bond motifs is 1. The molecule has 8 heteroatoms. The van der Waals surface area contributed by atoms with Crippen LogP contribution in [0.4, 0.5) is 5.69 Å². The fourth-order valence-electron chi connectivity index (χ4n) is 3.28. The van der Waals surface area contributed by atoms with E-state index in [0.29, 0.717) is 18.8 Å². The van der Waals surface area contributed by atoms with E-state index in [1.54, 1.807) is 24.3 Å². The van der Waals surface area contributed by atoms with Crippen LogP contribution in [0.5, 0.6) is 0 Å². The number of sulfonamides is 1. The maximum atomic E-state index is 12.8. The summed E-state index contributed by atoms with van der Waals surface area (Å²) in [6, 6.07) is 14.2. The number of amides is 1. The number of aromatic nitrogens is 1. The molecule has 29 heavy (non-hydrogen) atoms. The van der Waals surface area contributed by atoms with E-state index in [0.717, 1.165) is 34.5 Å². The second-order valence-electron chi connectivity index (χ2n) is 6.83. The van der Waals surface area contributed by atoms with Gasteiger partial charge in [0, 0.05) is 24.9 Å². The summed E-state index contributed by atoms with van der Waals surface area (Å²) >= 11 is 1.50. The van der Waals surface area contributed by atoms with Crippen molar-refractivity contribution in [3.8, 4) is 0 Å². The third kappa shape index (κ3) is 4.55. The number of benzene rings is 2. The molecule has 1 amide bonds. The Bertz CT molecular complexity index is 1130. The molecule has 1 aromatic heterocycles. The van der Waals surface area contributed by atoms with Crippen molar-refractivity contribution >= 4 is 49.2 Å². The van der Waals surface area contributed by atoms with Crippen LogP contribution in [0.3, 0.4) is 0 Å². The minimum atomic E-state index is -3.53. The van der Waals surface area contributed by atoms with E-state index in [-0.39, 0.29) is 10.8 Å². The lowest BCUT2D eigenvalue weighted by atomic mass is 10.2. The molecular weight excluding hydrogens is 406 g/mol. The zero-order valence-electron chi connectivity index (χ0n) is 15.7. The van der Waals surface area contributed by atoms with Crippen LogP contribution >= 0.6 is 11.3 Å². The Labute approximate surface area is 173 Å². The largest absolute Gasteiger partial charge is 0.322 e.